The number of hydrogen-bond acceptors (Lipinski definition) is 2. The van der Waals surface area contributed by atoms with Crippen molar-refractivity contribution in [3.8, 4) is 0 Å². The number of rotatable bonds is 5. The van der Waals surface area contributed by atoms with Crippen molar-refractivity contribution in [3.63, 3.8) is 0 Å². The number of carbonyl (C=O) groups is 2. The van der Waals surface area contributed by atoms with Gasteiger partial charge in [-0.15, -0.1) is 0 Å². The van der Waals surface area contributed by atoms with Gasteiger partial charge in [-0.25, -0.2) is 0 Å². The van der Waals surface area contributed by atoms with E-state index in [0.29, 0.717) is 12.2 Å². The second-order valence-corrected chi connectivity index (χ2v) is 5.59. The maximum atomic E-state index is 12.5. The third kappa shape index (κ3) is 2.12. The molecule has 2 fully saturated rings. The van der Waals surface area contributed by atoms with Crippen LogP contribution in [0.3, 0.4) is 0 Å². The molecule has 0 bridgehead atoms. The van der Waals surface area contributed by atoms with Crippen LogP contribution in [0, 0.1) is 11.8 Å². The predicted molar refractivity (Wildman–Crippen MR) is 66.5 cm³/mol. The number of nitrogens with one attached hydrogen (secondary N) is 1. The summed E-state index contributed by atoms with van der Waals surface area (Å²) in [6.07, 6.45) is 6.44. The van der Waals surface area contributed by atoms with Gasteiger partial charge in [-0.2, -0.15) is 0 Å². The van der Waals surface area contributed by atoms with Gasteiger partial charge in [0.15, 0.2) is 0 Å². The molecule has 1 heterocycles. The molecule has 2 rings (SSSR count). The first-order valence-corrected chi connectivity index (χ1v) is 6.97. The van der Waals surface area contributed by atoms with Crippen LogP contribution < -0.4 is 5.32 Å². The van der Waals surface area contributed by atoms with Crippen LogP contribution in [0.15, 0.2) is 0 Å². The Bertz CT molecular complexity index is 326. The van der Waals surface area contributed by atoms with Crippen LogP contribution >= 0.6 is 0 Å². The van der Waals surface area contributed by atoms with Crippen molar-refractivity contribution < 1.29 is 9.59 Å². The number of amides is 1. The van der Waals surface area contributed by atoms with Gasteiger partial charge in [0.1, 0.15) is 5.78 Å². The summed E-state index contributed by atoms with van der Waals surface area (Å²) in [5.74, 6) is 0.846. The third-order valence-corrected chi connectivity index (χ3v) is 4.61. The van der Waals surface area contributed by atoms with Gasteiger partial charge in [-0.3, -0.25) is 9.59 Å². The normalized spacial score (nSPS) is 33.3. The standard InChI is InChI=1S/C14H23NO2/c1-3-5-10(4-2)13(17)11-6-8-14(11)9-7-12(16)15-14/h10-11H,3-9H2,1-2H3,(H,15,16). The number of Topliss-reactive ketones (excluding diaryl/α,β-unsaturated/α-hetero) is 1. The van der Waals surface area contributed by atoms with Gasteiger partial charge in [0.25, 0.3) is 0 Å². The lowest BCUT2D eigenvalue weighted by Crippen LogP contribution is -2.59. The van der Waals surface area contributed by atoms with Gasteiger partial charge < -0.3 is 5.32 Å². The molecule has 1 spiro atoms. The molecule has 17 heavy (non-hydrogen) atoms. The van der Waals surface area contributed by atoms with E-state index in [9.17, 15) is 9.59 Å². The maximum Gasteiger partial charge on any atom is 0.220 e. The fourth-order valence-corrected chi connectivity index (χ4v) is 3.42. The van der Waals surface area contributed by atoms with Crippen molar-refractivity contribution in [2.75, 3.05) is 0 Å². The maximum absolute atomic E-state index is 12.5. The Morgan fingerprint density at radius 2 is 2.24 bits per heavy atom. The quantitative estimate of drug-likeness (QED) is 0.798. The molecular weight excluding hydrogens is 214 g/mol. The third-order valence-electron chi connectivity index (χ3n) is 4.61. The zero-order valence-corrected chi connectivity index (χ0v) is 10.9. The first-order chi connectivity index (χ1) is 8.13. The van der Waals surface area contributed by atoms with Crippen molar-refractivity contribution in [2.24, 2.45) is 11.8 Å². The average molecular weight is 237 g/mol. The summed E-state index contributed by atoms with van der Waals surface area (Å²) in [5.41, 5.74) is -0.144. The zero-order chi connectivity index (χ0) is 12.5. The van der Waals surface area contributed by atoms with Crippen LogP contribution in [0.5, 0.6) is 0 Å². The van der Waals surface area contributed by atoms with Crippen molar-refractivity contribution >= 4 is 11.7 Å². The van der Waals surface area contributed by atoms with Crippen LogP contribution in [0.4, 0.5) is 0 Å². The highest BCUT2D eigenvalue weighted by molar-refractivity contribution is 5.88. The molecule has 3 unspecified atom stereocenters. The van der Waals surface area contributed by atoms with Crippen LogP contribution in [0.1, 0.15) is 58.8 Å². The monoisotopic (exact) mass is 237 g/mol. The van der Waals surface area contributed by atoms with Gasteiger partial charge in [0, 0.05) is 18.3 Å². The molecule has 1 aliphatic heterocycles. The number of ketones is 1. The fourth-order valence-electron chi connectivity index (χ4n) is 3.42. The molecule has 3 heteroatoms. The topological polar surface area (TPSA) is 46.2 Å². The lowest BCUT2D eigenvalue weighted by Gasteiger charge is -2.47. The summed E-state index contributed by atoms with van der Waals surface area (Å²) < 4.78 is 0. The minimum atomic E-state index is -0.144. The number of carbonyl (C=O) groups excluding carboxylic acids is 2. The van der Waals surface area contributed by atoms with E-state index in [1.165, 1.54) is 0 Å². The Hall–Kier alpha value is -0.860. The lowest BCUT2D eigenvalue weighted by atomic mass is 9.61. The molecule has 0 radical (unpaired) electrons. The largest absolute Gasteiger partial charge is 0.350 e. The molecule has 1 aliphatic carbocycles. The Morgan fingerprint density at radius 1 is 1.47 bits per heavy atom. The Labute approximate surface area is 103 Å². The molecule has 1 saturated heterocycles. The summed E-state index contributed by atoms with van der Waals surface area (Å²) in [6.45, 7) is 4.22. The fraction of sp³-hybridized carbons (Fsp3) is 0.857. The van der Waals surface area contributed by atoms with E-state index in [0.717, 1.165) is 38.5 Å². The van der Waals surface area contributed by atoms with E-state index in [4.69, 9.17) is 0 Å². The molecule has 1 N–H and O–H groups in total. The van der Waals surface area contributed by atoms with E-state index < -0.39 is 0 Å². The average Bonchev–Trinajstić information content (AvgIpc) is 2.69. The minimum Gasteiger partial charge on any atom is -0.350 e. The highest BCUT2D eigenvalue weighted by Gasteiger charge is 2.54. The summed E-state index contributed by atoms with van der Waals surface area (Å²) in [5, 5.41) is 3.06. The molecule has 3 atom stereocenters. The van der Waals surface area contributed by atoms with Gasteiger partial charge >= 0.3 is 0 Å². The van der Waals surface area contributed by atoms with Gasteiger partial charge in [-0.1, -0.05) is 20.3 Å². The van der Waals surface area contributed by atoms with Crippen LogP contribution in [-0.2, 0) is 9.59 Å². The molecule has 3 nitrogen and oxygen atoms in total. The highest BCUT2D eigenvalue weighted by atomic mass is 16.2. The van der Waals surface area contributed by atoms with E-state index in [2.05, 4.69) is 19.2 Å². The summed E-state index contributed by atoms with van der Waals surface area (Å²) in [7, 11) is 0. The van der Waals surface area contributed by atoms with Crippen molar-refractivity contribution in [3.05, 3.63) is 0 Å². The van der Waals surface area contributed by atoms with Gasteiger partial charge in [0.2, 0.25) is 5.91 Å². The molecule has 1 saturated carbocycles. The van der Waals surface area contributed by atoms with Crippen molar-refractivity contribution in [1.82, 2.24) is 5.32 Å². The Kier molecular flexibility index (Phi) is 3.55. The lowest BCUT2D eigenvalue weighted by molar-refractivity contribution is -0.135. The van der Waals surface area contributed by atoms with E-state index in [1.54, 1.807) is 0 Å². The highest BCUT2D eigenvalue weighted by Crippen LogP contribution is 2.46. The summed E-state index contributed by atoms with van der Waals surface area (Å²) in [6, 6.07) is 0. The van der Waals surface area contributed by atoms with Crippen LogP contribution in [-0.4, -0.2) is 17.2 Å². The molecule has 0 aromatic carbocycles. The molecule has 2 aliphatic rings. The van der Waals surface area contributed by atoms with E-state index in [1.807, 2.05) is 0 Å². The summed E-state index contributed by atoms with van der Waals surface area (Å²) in [4.78, 5) is 23.8. The Morgan fingerprint density at radius 3 is 2.65 bits per heavy atom. The summed E-state index contributed by atoms with van der Waals surface area (Å²) >= 11 is 0. The van der Waals surface area contributed by atoms with Crippen molar-refractivity contribution in [1.29, 1.82) is 0 Å². The first-order valence-electron chi connectivity index (χ1n) is 6.97. The van der Waals surface area contributed by atoms with Gasteiger partial charge in [0.05, 0.1) is 5.54 Å². The molecule has 0 aromatic heterocycles. The first kappa shape index (κ1) is 12.6. The van der Waals surface area contributed by atoms with E-state index >= 15 is 0 Å². The second-order valence-electron chi connectivity index (χ2n) is 5.59. The molecule has 96 valence electrons. The predicted octanol–water partition coefficient (Wildman–Crippen LogP) is 2.44. The van der Waals surface area contributed by atoms with Crippen LogP contribution in [0.25, 0.3) is 0 Å². The molecular formula is C14H23NO2. The van der Waals surface area contributed by atoms with Gasteiger partial charge in [-0.05, 0) is 32.1 Å². The second kappa shape index (κ2) is 4.79. The smallest absolute Gasteiger partial charge is 0.220 e. The van der Waals surface area contributed by atoms with E-state index in [-0.39, 0.29) is 23.3 Å². The SMILES string of the molecule is CCCC(CC)C(=O)C1CCC12CCC(=O)N2. The van der Waals surface area contributed by atoms with Crippen LogP contribution in [0.2, 0.25) is 0 Å². The zero-order valence-electron chi connectivity index (χ0n) is 10.9. The molecule has 0 aromatic rings. The minimum absolute atomic E-state index is 0.102. The van der Waals surface area contributed by atoms with Crippen molar-refractivity contribution in [2.45, 2.75) is 64.3 Å². The Balaban J connectivity index is 2.02. The molecule has 1 amide bonds. The number of hydrogen-bond donors (Lipinski definition) is 1.